The van der Waals surface area contributed by atoms with Gasteiger partial charge in [-0.2, -0.15) is 0 Å². The molecule has 0 aliphatic carbocycles. The number of hydrogen-bond acceptors (Lipinski definition) is 9. The summed E-state index contributed by atoms with van der Waals surface area (Å²) in [5, 5.41) is 10.4. The lowest BCUT2D eigenvalue weighted by molar-refractivity contribution is -0.136. The molecule has 13 nitrogen and oxygen atoms in total. The Bertz CT molecular complexity index is 1380. The molecule has 1 unspecified atom stereocenters. The molecule has 1 atom stereocenters. The molecule has 2 aromatic heterocycles. The maximum absolute atomic E-state index is 13.1. The highest BCUT2D eigenvalue weighted by Gasteiger charge is 2.39. The van der Waals surface area contributed by atoms with Gasteiger partial charge in [-0.25, -0.2) is 9.67 Å². The molecule has 0 spiro atoms. The summed E-state index contributed by atoms with van der Waals surface area (Å²) in [5.74, 6) is -0.940. The number of carbonyl (C=O) groups is 4. The zero-order chi connectivity index (χ0) is 24.8. The van der Waals surface area contributed by atoms with Crippen molar-refractivity contribution in [2.45, 2.75) is 31.5 Å². The van der Waals surface area contributed by atoms with Gasteiger partial charge in [0.05, 0.1) is 31.2 Å². The predicted octanol–water partition coefficient (Wildman–Crippen LogP) is -0.278. The predicted molar refractivity (Wildman–Crippen MR) is 120 cm³/mol. The molecule has 0 radical (unpaired) electrons. The third-order valence-corrected chi connectivity index (χ3v) is 6.45. The maximum atomic E-state index is 13.1. The van der Waals surface area contributed by atoms with Gasteiger partial charge in [0.2, 0.25) is 17.7 Å². The molecule has 2 fully saturated rings. The van der Waals surface area contributed by atoms with E-state index < -0.39 is 11.9 Å². The summed E-state index contributed by atoms with van der Waals surface area (Å²) in [6, 6.07) is 4.56. The quantitative estimate of drug-likeness (QED) is 0.478. The number of fused-ring (bicyclic) bond motifs is 1. The lowest BCUT2D eigenvalue weighted by Crippen LogP contribution is -2.56. The highest BCUT2D eigenvalue weighted by atomic mass is 16.5. The third-order valence-electron chi connectivity index (χ3n) is 6.45. The Morgan fingerprint density at radius 2 is 2.00 bits per heavy atom. The number of likely N-dealkylation sites (tertiary alicyclic amines) is 1. The SMILES string of the molecule is O=C1CCC(N2Cc3ccc(-n4cc(C(=O)N5CC(Oc6cnccn6)C5)nn4)cc3C2=O)C(=O)N1. The fourth-order valence-corrected chi connectivity index (χ4v) is 4.53. The molecule has 2 saturated heterocycles. The van der Waals surface area contributed by atoms with E-state index in [1.165, 1.54) is 28.2 Å². The fourth-order valence-electron chi connectivity index (χ4n) is 4.53. The van der Waals surface area contributed by atoms with E-state index >= 15 is 0 Å². The van der Waals surface area contributed by atoms with Gasteiger partial charge in [0, 0.05) is 30.9 Å². The summed E-state index contributed by atoms with van der Waals surface area (Å²) < 4.78 is 7.11. The Labute approximate surface area is 204 Å². The monoisotopic (exact) mass is 488 g/mol. The van der Waals surface area contributed by atoms with E-state index in [2.05, 4.69) is 25.6 Å². The molecule has 3 aromatic rings. The summed E-state index contributed by atoms with van der Waals surface area (Å²) in [4.78, 5) is 60.6. The van der Waals surface area contributed by atoms with Crippen molar-refractivity contribution >= 4 is 23.6 Å². The second-order valence-corrected chi connectivity index (χ2v) is 8.78. The highest BCUT2D eigenvalue weighted by Crippen LogP contribution is 2.29. The first kappa shape index (κ1) is 21.8. The highest BCUT2D eigenvalue weighted by molar-refractivity contribution is 6.05. The molecule has 0 saturated carbocycles. The molecule has 5 heterocycles. The lowest BCUT2D eigenvalue weighted by Gasteiger charge is -2.37. The lowest BCUT2D eigenvalue weighted by atomic mass is 10.0. The van der Waals surface area contributed by atoms with Crippen LogP contribution in [0.3, 0.4) is 0 Å². The number of ether oxygens (including phenoxy) is 1. The number of hydrogen-bond donors (Lipinski definition) is 1. The summed E-state index contributed by atoms with van der Waals surface area (Å²) in [5.41, 5.74) is 1.96. The first-order valence-electron chi connectivity index (χ1n) is 11.4. The molecule has 0 bridgehead atoms. The van der Waals surface area contributed by atoms with E-state index in [9.17, 15) is 19.2 Å². The molecular formula is C23H20N8O5. The van der Waals surface area contributed by atoms with Crippen LogP contribution in [-0.4, -0.2) is 83.6 Å². The van der Waals surface area contributed by atoms with Gasteiger partial charge in [-0.15, -0.1) is 5.10 Å². The van der Waals surface area contributed by atoms with Crippen LogP contribution in [0.15, 0.2) is 43.0 Å². The summed E-state index contributed by atoms with van der Waals surface area (Å²) in [6.45, 7) is 1.08. The standard InChI is InChI=1S/C23H20N8O5/c32-19-4-3-18(21(33)26-19)30-9-13-1-2-14(7-16(13)22(30)34)31-12-17(27-28-31)23(35)29-10-15(11-29)36-20-8-24-5-6-25-20/h1-2,5-8,12,15,18H,3-4,9-11H2,(H,26,32,33). The number of piperidine rings is 1. The van der Waals surface area contributed by atoms with Crippen molar-refractivity contribution < 1.29 is 23.9 Å². The molecule has 13 heteroatoms. The minimum Gasteiger partial charge on any atom is -0.469 e. The average Bonchev–Trinajstić information content (AvgIpc) is 3.47. The Morgan fingerprint density at radius 3 is 2.78 bits per heavy atom. The zero-order valence-electron chi connectivity index (χ0n) is 18.9. The number of aromatic nitrogens is 5. The summed E-state index contributed by atoms with van der Waals surface area (Å²) in [6.07, 6.45) is 6.44. The van der Waals surface area contributed by atoms with Crippen LogP contribution in [0.1, 0.15) is 39.3 Å². The zero-order valence-corrected chi connectivity index (χ0v) is 18.9. The minimum absolute atomic E-state index is 0.171. The van der Waals surface area contributed by atoms with E-state index in [1.54, 1.807) is 29.3 Å². The van der Waals surface area contributed by atoms with Crippen LogP contribution in [0.4, 0.5) is 0 Å². The number of carbonyl (C=O) groups excluding carboxylic acids is 4. The number of benzene rings is 1. The largest absolute Gasteiger partial charge is 0.469 e. The first-order valence-corrected chi connectivity index (χ1v) is 11.4. The van der Waals surface area contributed by atoms with Gasteiger partial charge < -0.3 is 14.5 Å². The fraction of sp³-hybridized carbons (Fsp3) is 0.304. The average molecular weight is 488 g/mol. The van der Waals surface area contributed by atoms with Crippen LogP contribution in [0, 0.1) is 0 Å². The van der Waals surface area contributed by atoms with E-state index in [-0.39, 0.29) is 42.5 Å². The van der Waals surface area contributed by atoms with Gasteiger partial charge in [0.25, 0.3) is 11.8 Å². The first-order chi connectivity index (χ1) is 17.5. The van der Waals surface area contributed by atoms with Crippen molar-refractivity contribution in [2.75, 3.05) is 13.1 Å². The molecule has 182 valence electrons. The molecule has 4 amide bonds. The van der Waals surface area contributed by atoms with E-state index in [0.29, 0.717) is 36.6 Å². The van der Waals surface area contributed by atoms with Gasteiger partial charge in [0.1, 0.15) is 12.1 Å². The van der Waals surface area contributed by atoms with Crippen LogP contribution in [-0.2, 0) is 16.1 Å². The van der Waals surface area contributed by atoms with E-state index in [1.807, 2.05) is 0 Å². The normalized spacial score (nSPS) is 19.7. The van der Waals surface area contributed by atoms with Crippen molar-refractivity contribution in [2.24, 2.45) is 0 Å². The Morgan fingerprint density at radius 1 is 1.14 bits per heavy atom. The number of nitrogens with zero attached hydrogens (tertiary/aromatic N) is 7. The van der Waals surface area contributed by atoms with Crippen LogP contribution >= 0.6 is 0 Å². The third kappa shape index (κ3) is 3.83. The van der Waals surface area contributed by atoms with Crippen LogP contribution in [0.2, 0.25) is 0 Å². The van der Waals surface area contributed by atoms with Crippen LogP contribution in [0.25, 0.3) is 5.69 Å². The van der Waals surface area contributed by atoms with Crippen molar-refractivity contribution in [3.8, 4) is 11.6 Å². The number of rotatable bonds is 5. The molecule has 1 aromatic carbocycles. The maximum Gasteiger partial charge on any atom is 0.276 e. The second-order valence-electron chi connectivity index (χ2n) is 8.78. The smallest absolute Gasteiger partial charge is 0.276 e. The number of imide groups is 1. The van der Waals surface area contributed by atoms with Gasteiger partial charge in [-0.05, 0) is 24.1 Å². The van der Waals surface area contributed by atoms with Crippen LogP contribution in [0.5, 0.6) is 5.88 Å². The Hall–Kier alpha value is -4.68. The Balaban J connectivity index is 1.12. The number of amides is 4. The summed E-state index contributed by atoms with van der Waals surface area (Å²) >= 11 is 0. The minimum atomic E-state index is -0.681. The van der Waals surface area contributed by atoms with E-state index in [0.717, 1.165) is 5.56 Å². The van der Waals surface area contributed by atoms with Gasteiger partial charge in [0.15, 0.2) is 5.69 Å². The van der Waals surface area contributed by atoms with E-state index in [4.69, 9.17) is 4.74 Å². The van der Waals surface area contributed by atoms with Crippen LogP contribution < -0.4 is 10.1 Å². The molecule has 3 aliphatic rings. The molecular weight excluding hydrogens is 468 g/mol. The van der Waals surface area contributed by atoms with Gasteiger partial charge in [-0.1, -0.05) is 11.3 Å². The van der Waals surface area contributed by atoms with Crippen molar-refractivity contribution in [3.63, 3.8) is 0 Å². The van der Waals surface area contributed by atoms with Crippen molar-refractivity contribution in [1.82, 2.24) is 40.1 Å². The number of nitrogens with one attached hydrogen (secondary N) is 1. The van der Waals surface area contributed by atoms with Crippen molar-refractivity contribution in [1.29, 1.82) is 0 Å². The molecule has 6 rings (SSSR count). The molecule has 1 N–H and O–H groups in total. The topological polar surface area (TPSA) is 153 Å². The van der Waals surface area contributed by atoms with Gasteiger partial charge >= 0.3 is 0 Å². The Kier molecular flexibility index (Phi) is 5.16. The molecule has 36 heavy (non-hydrogen) atoms. The van der Waals surface area contributed by atoms with Gasteiger partial charge in [-0.3, -0.25) is 29.5 Å². The second kappa shape index (κ2) is 8.52. The molecule has 3 aliphatic heterocycles. The van der Waals surface area contributed by atoms with Crippen molar-refractivity contribution in [3.05, 3.63) is 59.8 Å². The summed E-state index contributed by atoms with van der Waals surface area (Å²) in [7, 11) is 0.